The van der Waals surface area contributed by atoms with E-state index in [0.29, 0.717) is 30.1 Å². The van der Waals surface area contributed by atoms with Crippen LogP contribution in [0.1, 0.15) is 23.3 Å². The lowest BCUT2D eigenvalue weighted by Crippen LogP contribution is -2.30. The summed E-state index contributed by atoms with van der Waals surface area (Å²) in [5.41, 5.74) is 1.99. The number of nitrogens with one attached hydrogen (secondary N) is 1. The molecule has 1 amide bonds. The standard InChI is InChI=1S/C18H21N5O3/c1-19-16-10-13(4-7-22(16)12-24)23-8-9-26-15-11-14(20-17(15)23)18(25)21-5-2-3-6-21/h4,7,10-12,20H,2-3,5-6,8-9H2,1H3. The van der Waals surface area contributed by atoms with Gasteiger partial charge in [0.05, 0.1) is 6.54 Å². The Morgan fingerprint density at radius 1 is 1.27 bits per heavy atom. The summed E-state index contributed by atoms with van der Waals surface area (Å²) >= 11 is 0. The van der Waals surface area contributed by atoms with Crippen molar-refractivity contribution in [3.05, 3.63) is 35.6 Å². The minimum atomic E-state index is 0.0107. The molecule has 0 atom stereocenters. The number of aromatic nitrogens is 2. The van der Waals surface area contributed by atoms with Crippen molar-refractivity contribution in [1.82, 2.24) is 14.5 Å². The fraction of sp³-hybridized carbons (Fsp3) is 0.389. The number of aromatic amines is 1. The first-order valence-corrected chi connectivity index (χ1v) is 8.74. The zero-order valence-corrected chi connectivity index (χ0v) is 14.6. The Morgan fingerprint density at radius 3 is 2.81 bits per heavy atom. The number of carbonyl (C=O) groups is 2. The van der Waals surface area contributed by atoms with Crippen LogP contribution in [-0.2, 0) is 4.79 Å². The third kappa shape index (κ3) is 2.77. The summed E-state index contributed by atoms with van der Waals surface area (Å²) < 4.78 is 7.16. The van der Waals surface area contributed by atoms with Crippen LogP contribution in [0.25, 0.3) is 0 Å². The van der Waals surface area contributed by atoms with Gasteiger partial charge in [0.2, 0.25) is 6.41 Å². The van der Waals surface area contributed by atoms with Gasteiger partial charge in [0, 0.05) is 44.2 Å². The van der Waals surface area contributed by atoms with Gasteiger partial charge in [-0.25, -0.2) is 0 Å². The van der Waals surface area contributed by atoms with Crippen LogP contribution in [0.15, 0.2) is 29.4 Å². The molecular formula is C18H21N5O3. The Bertz CT molecular complexity index is 908. The van der Waals surface area contributed by atoms with Crippen molar-refractivity contribution in [3.8, 4) is 5.75 Å². The summed E-state index contributed by atoms with van der Waals surface area (Å²) in [6.07, 6.45) is 4.51. The Morgan fingerprint density at radius 2 is 2.08 bits per heavy atom. The van der Waals surface area contributed by atoms with E-state index >= 15 is 0 Å². The first-order chi connectivity index (χ1) is 12.7. The van der Waals surface area contributed by atoms with Crippen LogP contribution in [-0.4, -0.2) is 60.1 Å². The smallest absolute Gasteiger partial charge is 0.270 e. The SMILES string of the molecule is CN=c1cc(N2CCOc3cc(C(=O)N4CCCC4)[nH]c32)ccn1C=O. The molecule has 4 heterocycles. The number of fused-ring (bicyclic) bond motifs is 1. The van der Waals surface area contributed by atoms with Gasteiger partial charge in [-0.1, -0.05) is 0 Å². The number of rotatable bonds is 3. The number of hydrogen-bond acceptors (Lipinski definition) is 5. The van der Waals surface area contributed by atoms with E-state index in [2.05, 4.69) is 9.98 Å². The molecule has 2 aromatic rings. The number of pyridine rings is 1. The third-order valence-electron chi connectivity index (χ3n) is 4.83. The van der Waals surface area contributed by atoms with Crippen molar-refractivity contribution in [2.45, 2.75) is 12.8 Å². The molecule has 1 N–H and O–H groups in total. The largest absolute Gasteiger partial charge is 0.488 e. The van der Waals surface area contributed by atoms with Crippen LogP contribution in [0.4, 0.5) is 11.5 Å². The molecule has 2 aliphatic heterocycles. The quantitative estimate of drug-likeness (QED) is 0.838. The second-order valence-corrected chi connectivity index (χ2v) is 6.37. The highest BCUT2D eigenvalue weighted by atomic mass is 16.5. The van der Waals surface area contributed by atoms with Crippen molar-refractivity contribution < 1.29 is 14.3 Å². The van der Waals surface area contributed by atoms with Crippen molar-refractivity contribution in [3.63, 3.8) is 0 Å². The molecule has 0 aromatic carbocycles. The molecule has 26 heavy (non-hydrogen) atoms. The monoisotopic (exact) mass is 355 g/mol. The fourth-order valence-electron chi connectivity index (χ4n) is 3.48. The first kappa shape index (κ1) is 16.4. The number of carbonyl (C=O) groups excluding carboxylic acids is 2. The van der Waals surface area contributed by atoms with Crippen molar-refractivity contribution in [1.29, 1.82) is 0 Å². The second kappa shape index (κ2) is 6.70. The van der Waals surface area contributed by atoms with Gasteiger partial charge in [-0.05, 0) is 18.9 Å². The van der Waals surface area contributed by atoms with E-state index in [1.807, 2.05) is 21.9 Å². The maximum Gasteiger partial charge on any atom is 0.270 e. The van der Waals surface area contributed by atoms with Gasteiger partial charge in [0.25, 0.3) is 5.91 Å². The normalized spacial score (nSPS) is 17.2. The molecule has 4 rings (SSSR count). The topological polar surface area (TPSA) is 82.9 Å². The average Bonchev–Trinajstić information content (AvgIpc) is 3.36. The van der Waals surface area contributed by atoms with Gasteiger partial charge in [-0.2, -0.15) is 0 Å². The Balaban J connectivity index is 1.69. The number of ether oxygens (including phenoxy) is 1. The minimum absolute atomic E-state index is 0.0107. The Kier molecular flexibility index (Phi) is 4.24. The third-order valence-corrected chi connectivity index (χ3v) is 4.83. The van der Waals surface area contributed by atoms with E-state index in [1.165, 1.54) is 4.57 Å². The molecular weight excluding hydrogens is 334 g/mol. The van der Waals surface area contributed by atoms with Gasteiger partial charge in [-0.15, -0.1) is 0 Å². The van der Waals surface area contributed by atoms with E-state index in [4.69, 9.17) is 4.74 Å². The van der Waals surface area contributed by atoms with E-state index in [1.54, 1.807) is 19.3 Å². The number of amides is 1. The Hall–Kier alpha value is -3.03. The molecule has 1 saturated heterocycles. The first-order valence-electron chi connectivity index (χ1n) is 8.74. The number of anilines is 2. The van der Waals surface area contributed by atoms with Crippen LogP contribution >= 0.6 is 0 Å². The zero-order chi connectivity index (χ0) is 18.1. The highest BCUT2D eigenvalue weighted by molar-refractivity contribution is 5.94. The summed E-state index contributed by atoms with van der Waals surface area (Å²) in [4.78, 5) is 35.0. The number of likely N-dealkylation sites (tertiary alicyclic amines) is 1. The lowest BCUT2D eigenvalue weighted by atomic mass is 10.3. The predicted octanol–water partition coefficient (Wildman–Crippen LogP) is 1.15. The summed E-state index contributed by atoms with van der Waals surface area (Å²) in [7, 11) is 1.64. The minimum Gasteiger partial charge on any atom is -0.488 e. The van der Waals surface area contributed by atoms with E-state index in [0.717, 1.165) is 43.8 Å². The molecule has 136 valence electrons. The summed E-state index contributed by atoms with van der Waals surface area (Å²) in [5.74, 6) is 1.43. The van der Waals surface area contributed by atoms with Crippen molar-refractivity contribution in [2.24, 2.45) is 4.99 Å². The van der Waals surface area contributed by atoms with Gasteiger partial charge in [0.1, 0.15) is 17.8 Å². The predicted molar refractivity (Wildman–Crippen MR) is 96.5 cm³/mol. The molecule has 0 bridgehead atoms. The molecule has 8 heteroatoms. The van der Waals surface area contributed by atoms with E-state index in [-0.39, 0.29) is 5.91 Å². The van der Waals surface area contributed by atoms with Crippen molar-refractivity contribution in [2.75, 3.05) is 38.2 Å². The van der Waals surface area contributed by atoms with Crippen LogP contribution in [0.3, 0.4) is 0 Å². The van der Waals surface area contributed by atoms with Gasteiger partial charge >= 0.3 is 0 Å². The Labute approximate surface area is 150 Å². The maximum atomic E-state index is 12.7. The molecule has 1 fully saturated rings. The lowest BCUT2D eigenvalue weighted by Gasteiger charge is -2.28. The summed E-state index contributed by atoms with van der Waals surface area (Å²) in [5, 5.41) is 0. The van der Waals surface area contributed by atoms with E-state index in [9.17, 15) is 9.59 Å². The van der Waals surface area contributed by atoms with Gasteiger partial charge in [-0.3, -0.25) is 19.1 Å². The van der Waals surface area contributed by atoms with E-state index < -0.39 is 0 Å². The zero-order valence-electron chi connectivity index (χ0n) is 14.6. The molecule has 0 spiro atoms. The molecule has 0 radical (unpaired) electrons. The lowest BCUT2D eigenvalue weighted by molar-refractivity contribution is 0.0787. The molecule has 8 nitrogen and oxygen atoms in total. The highest BCUT2D eigenvalue weighted by Gasteiger charge is 2.27. The number of hydrogen-bond donors (Lipinski definition) is 1. The second-order valence-electron chi connectivity index (χ2n) is 6.37. The van der Waals surface area contributed by atoms with Crippen LogP contribution in [0.5, 0.6) is 5.75 Å². The number of nitrogens with zero attached hydrogens (tertiary/aromatic N) is 4. The molecule has 0 unspecified atom stereocenters. The van der Waals surface area contributed by atoms with Crippen molar-refractivity contribution >= 4 is 23.8 Å². The fourth-order valence-corrected chi connectivity index (χ4v) is 3.48. The molecule has 2 aliphatic rings. The summed E-state index contributed by atoms with van der Waals surface area (Å²) in [6, 6.07) is 5.47. The average molecular weight is 355 g/mol. The van der Waals surface area contributed by atoms with Gasteiger partial charge < -0.3 is 19.5 Å². The van der Waals surface area contributed by atoms with Crippen LogP contribution < -0.4 is 15.1 Å². The molecule has 0 aliphatic carbocycles. The number of H-pyrrole nitrogens is 1. The maximum absolute atomic E-state index is 12.7. The molecule has 0 saturated carbocycles. The van der Waals surface area contributed by atoms with Crippen LogP contribution in [0, 0.1) is 0 Å². The summed E-state index contributed by atoms with van der Waals surface area (Å²) in [6.45, 7) is 2.76. The highest BCUT2D eigenvalue weighted by Crippen LogP contribution is 2.36. The molecule has 2 aromatic heterocycles. The van der Waals surface area contributed by atoms with Crippen LogP contribution in [0.2, 0.25) is 0 Å². The van der Waals surface area contributed by atoms with Gasteiger partial charge in [0.15, 0.2) is 11.6 Å².